The van der Waals surface area contributed by atoms with Crippen LogP contribution < -0.4 is 0 Å². The third-order valence-electron chi connectivity index (χ3n) is 4.53. The number of carbonyl (C=O) groups excluding carboxylic acids is 2. The van der Waals surface area contributed by atoms with Crippen LogP contribution in [0.4, 0.5) is 0 Å². The average Bonchev–Trinajstić information content (AvgIpc) is 3.15. The van der Waals surface area contributed by atoms with Gasteiger partial charge >= 0.3 is 5.97 Å². The number of amides is 1. The Balaban J connectivity index is 2.09. The lowest BCUT2D eigenvalue weighted by Crippen LogP contribution is -2.24. The van der Waals surface area contributed by atoms with Crippen LogP contribution in [0, 0.1) is 11.8 Å². The van der Waals surface area contributed by atoms with Gasteiger partial charge in [0.2, 0.25) is 0 Å². The summed E-state index contributed by atoms with van der Waals surface area (Å²) in [6.07, 6.45) is 0. The monoisotopic (exact) mass is 391 g/mol. The van der Waals surface area contributed by atoms with Gasteiger partial charge in [0.05, 0.1) is 24.9 Å². The van der Waals surface area contributed by atoms with Gasteiger partial charge < -0.3 is 14.7 Å². The molecule has 0 saturated heterocycles. The number of aliphatic hydroxyl groups is 1. The Hall–Kier alpha value is -3.63. The molecule has 0 atom stereocenters. The van der Waals surface area contributed by atoms with Crippen molar-refractivity contribution in [1.29, 1.82) is 0 Å². The van der Waals surface area contributed by atoms with Crippen molar-refractivity contribution in [2.24, 2.45) is 0 Å². The first-order valence-electron chi connectivity index (χ1n) is 9.06. The number of esters is 1. The smallest absolute Gasteiger partial charge is 0.359 e. The summed E-state index contributed by atoms with van der Waals surface area (Å²) >= 11 is 0. The average molecular weight is 391 g/mol. The molecule has 1 heterocycles. The number of nitrogens with zero attached hydrogens (tertiary/aromatic N) is 3. The molecule has 0 spiro atoms. The molecule has 7 nitrogen and oxygen atoms in total. The van der Waals surface area contributed by atoms with Crippen LogP contribution in [0.3, 0.4) is 0 Å². The molecule has 0 saturated carbocycles. The van der Waals surface area contributed by atoms with Crippen molar-refractivity contribution in [3.63, 3.8) is 0 Å². The Kier molecular flexibility index (Phi) is 5.96. The maximum absolute atomic E-state index is 12.2. The van der Waals surface area contributed by atoms with E-state index in [1.165, 1.54) is 12.0 Å². The molecule has 1 N–H and O–H groups in total. The van der Waals surface area contributed by atoms with Crippen LogP contribution in [0.1, 0.15) is 28.5 Å². The second kappa shape index (κ2) is 8.59. The van der Waals surface area contributed by atoms with Crippen molar-refractivity contribution in [3.05, 3.63) is 59.3 Å². The van der Waals surface area contributed by atoms with Gasteiger partial charge in [-0.2, -0.15) is 5.10 Å². The molecule has 29 heavy (non-hydrogen) atoms. The molecular weight excluding hydrogens is 370 g/mol. The molecule has 2 aromatic carbocycles. The SMILES string of the molecule is CCN(C)C(=O)C#Cc1cccc(-n2nc(C(=O)OC)c3cc(CO)ccc32)c1. The van der Waals surface area contributed by atoms with Gasteiger partial charge in [-0.05, 0) is 42.8 Å². The Morgan fingerprint density at radius 2 is 2.03 bits per heavy atom. The van der Waals surface area contributed by atoms with Gasteiger partial charge in [0.1, 0.15) is 0 Å². The molecule has 3 rings (SSSR count). The lowest BCUT2D eigenvalue weighted by Gasteiger charge is -2.08. The second-order valence-corrected chi connectivity index (χ2v) is 6.38. The molecule has 0 fully saturated rings. The molecule has 1 aromatic heterocycles. The highest BCUT2D eigenvalue weighted by molar-refractivity contribution is 6.02. The Morgan fingerprint density at radius 1 is 1.24 bits per heavy atom. The predicted octanol–water partition coefficient (Wildman–Crippen LogP) is 2.13. The number of aromatic nitrogens is 2. The number of benzene rings is 2. The second-order valence-electron chi connectivity index (χ2n) is 6.38. The molecule has 0 radical (unpaired) electrons. The summed E-state index contributed by atoms with van der Waals surface area (Å²) in [7, 11) is 2.99. The summed E-state index contributed by atoms with van der Waals surface area (Å²) in [6.45, 7) is 2.32. The first-order valence-corrected chi connectivity index (χ1v) is 9.06. The summed E-state index contributed by atoms with van der Waals surface area (Å²) in [4.78, 5) is 25.6. The lowest BCUT2D eigenvalue weighted by atomic mass is 10.1. The minimum absolute atomic E-state index is 0.146. The summed E-state index contributed by atoms with van der Waals surface area (Å²) in [5, 5.41) is 14.4. The number of rotatable bonds is 4. The first-order chi connectivity index (χ1) is 14.0. The van der Waals surface area contributed by atoms with E-state index in [2.05, 4.69) is 16.9 Å². The van der Waals surface area contributed by atoms with Gasteiger partial charge in [-0.3, -0.25) is 4.79 Å². The number of methoxy groups -OCH3 is 1. The highest BCUT2D eigenvalue weighted by atomic mass is 16.5. The fourth-order valence-corrected chi connectivity index (χ4v) is 2.79. The van der Waals surface area contributed by atoms with Gasteiger partial charge in [-0.1, -0.05) is 18.1 Å². The van der Waals surface area contributed by atoms with E-state index < -0.39 is 5.97 Å². The molecule has 0 bridgehead atoms. The van der Waals surface area contributed by atoms with Crippen LogP contribution in [0.2, 0.25) is 0 Å². The van der Waals surface area contributed by atoms with E-state index in [4.69, 9.17) is 4.74 Å². The third-order valence-corrected chi connectivity index (χ3v) is 4.53. The Labute approximate surface area is 168 Å². The number of hydrogen-bond donors (Lipinski definition) is 1. The van der Waals surface area contributed by atoms with Crippen LogP contribution in [-0.4, -0.2) is 52.4 Å². The first kappa shape index (κ1) is 20.1. The molecule has 0 unspecified atom stereocenters. The maximum atomic E-state index is 12.2. The topological polar surface area (TPSA) is 84.7 Å². The summed E-state index contributed by atoms with van der Waals surface area (Å²) in [6, 6.07) is 12.5. The lowest BCUT2D eigenvalue weighted by molar-refractivity contribution is -0.123. The Bertz CT molecular complexity index is 1140. The fraction of sp³-hybridized carbons (Fsp3) is 0.227. The van der Waals surface area contributed by atoms with Crippen LogP contribution in [0.5, 0.6) is 0 Å². The van der Waals surface area contributed by atoms with E-state index in [1.54, 1.807) is 48.1 Å². The third kappa shape index (κ3) is 4.13. The van der Waals surface area contributed by atoms with Crippen molar-refractivity contribution in [2.75, 3.05) is 20.7 Å². The van der Waals surface area contributed by atoms with E-state index in [-0.39, 0.29) is 18.2 Å². The van der Waals surface area contributed by atoms with Gasteiger partial charge in [0.25, 0.3) is 5.91 Å². The summed E-state index contributed by atoms with van der Waals surface area (Å²) in [5.41, 5.74) is 2.85. The quantitative estimate of drug-likeness (QED) is 0.544. The Morgan fingerprint density at radius 3 is 2.72 bits per heavy atom. The molecule has 1 amide bonds. The largest absolute Gasteiger partial charge is 0.464 e. The van der Waals surface area contributed by atoms with Crippen molar-refractivity contribution >= 4 is 22.8 Å². The number of fused-ring (bicyclic) bond motifs is 1. The van der Waals surface area contributed by atoms with Crippen LogP contribution in [-0.2, 0) is 16.1 Å². The van der Waals surface area contributed by atoms with Gasteiger partial charge in [-0.15, -0.1) is 0 Å². The number of ether oxygens (including phenoxy) is 1. The molecule has 0 aliphatic heterocycles. The molecular formula is C22H21N3O4. The predicted molar refractivity (Wildman–Crippen MR) is 109 cm³/mol. The van der Waals surface area contributed by atoms with Gasteiger partial charge in [-0.25, -0.2) is 9.48 Å². The van der Waals surface area contributed by atoms with E-state index in [9.17, 15) is 14.7 Å². The molecule has 7 heteroatoms. The summed E-state index contributed by atoms with van der Waals surface area (Å²) < 4.78 is 6.47. The zero-order chi connectivity index (χ0) is 21.0. The van der Waals surface area contributed by atoms with Crippen molar-refractivity contribution in [2.45, 2.75) is 13.5 Å². The van der Waals surface area contributed by atoms with Crippen LogP contribution in [0.25, 0.3) is 16.6 Å². The van der Waals surface area contributed by atoms with Gasteiger partial charge in [0.15, 0.2) is 5.69 Å². The molecule has 3 aromatic rings. The van der Waals surface area contributed by atoms with Crippen molar-refractivity contribution in [1.82, 2.24) is 14.7 Å². The molecule has 0 aliphatic carbocycles. The van der Waals surface area contributed by atoms with Crippen LogP contribution in [0.15, 0.2) is 42.5 Å². The molecule has 0 aliphatic rings. The van der Waals surface area contributed by atoms with Crippen molar-refractivity contribution in [3.8, 4) is 17.5 Å². The number of hydrogen-bond acceptors (Lipinski definition) is 5. The fourth-order valence-electron chi connectivity index (χ4n) is 2.79. The van der Waals surface area contributed by atoms with E-state index in [0.29, 0.717) is 34.3 Å². The van der Waals surface area contributed by atoms with E-state index in [1.807, 2.05) is 13.0 Å². The number of carbonyl (C=O) groups is 2. The summed E-state index contributed by atoms with van der Waals surface area (Å²) in [5.74, 6) is 4.67. The van der Waals surface area contributed by atoms with E-state index in [0.717, 1.165) is 0 Å². The standard InChI is InChI=1S/C22H21N3O4/c1-4-24(2)20(27)11-9-15-6-5-7-17(12-15)25-19-10-8-16(14-26)13-18(19)21(23-25)22(28)29-3/h5-8,10,12-13,26H,4,14H2,1-3H3. The highest BCUT2D eigenvalue weighted by Crippen LogP contribution is 2.24. The highest BCUT2D eigenvalue weighted by Gasteiger charge is 2.19. The van der Waals surface area contributed by atoms with Gasteiger partial charge in [0, 0.05) is 30.5 Å². The molecule has 148 valence electrons. The maximum Gasteiger partial charge on any atom is 0.359 e. The minimum Gasteiger partial charge on any atom is -0.464 e. The zero-order valence-corrected chi connectivity index (χ0v) is 16.5. The normalized spacial score (nSPS) is 10.3. The zero-order valence-electron chi connectivity index (χ0n) is 16.5. The number of aliphatic hydroxyl groups excluding tert-OH is 1. The van der Waals surface area contributed by atoms with Crippen LogP contribution >= 0.6 is 0 Å². The van der Waals surface area contributed by atoms with Crippen molar-refractivity contribution < 1.29 is 19.4 Å². The minimum atomic E-state index is -0.562. The van der Waals surface area contributed by atoms with E-state index >= 15 is 0 Å².